The van der Waals surface area contributed by atoms with Crippen molar-refractivity contribution in [1.82, 2.24) is 9.21 Å². The highest BCUT2D eigenvalue weighted by atomic mass is 35.5. The molecule has 1 aromatic rings. The molecule has 1 aromatic carbocycles. The molecule has 2 aliphatic rings. The maximum absolute atomic E-state index is 12.8. The van der Waals surface area contributed by atoms with E-state index in [0.29, 0.717) is 18.0 Å². The van der Waals surface area contributed by atoms with Crippen LogP contribution in [0.3, 0.4) is 0 Å². The highest BCUT2D eigenvalue weighted by molar-refractivity contribution is 7.89. The summed E-state index contributed by atoms with van der Waals surface area (Å²) in [7, 11) is -3.65. The van der Waals surface area contributed by atoms with Crippen molar-refractivity contribution < 1.29 is 13.2 Å². The molecule has 0 aliphatic carbocycles. The minimum Gasteiger partial charge on any atom is -0.341 e. The predicted octanol–water partition coefficient (Wildman–Crippen LogP) is 2.12. The van der Waals surface area contributed by atoms with E-state index in [2.05, 4.69) is 0 Å². The minimum atomic E-state index is -3.65. The summed E-state index contributed by atoms with van der Waals surface area (Å²) >= 11 is 5.82. The molecule has 0 N–H and O–H groups in total. The summed E-state index contributed by atoms with van der Waals surface area (Å²) in [5.74, 6) is -0.0486. The molecule has 2 saturated heterocycles. The SMILES string of the molecule is O=C(C1CCCN1S(=O)(=O)c1ccc(Cl)cc1)N1CCCC1. The summed E-state index contributed by atoms with van der Waals surface area (Å²) in [6, 6.07) is 5.54. The van der Waals surface area contributed by atoms with E-state index in [9.17, 15) is 13.2 Å². The van der Waals surface area contributed by atoms with Crippen molar-refractivity contribution in [3.63, 3.8) is 0 Å². The molecule has 0 saturated carbocycles. The molecule has 2 heterocycles. The quantitative estimate of drug-likeness (QED) is 0.845. The van der Waals surface area contributed by atoms with Crippen molar-refractivity contribution in [1.29, 1.82) is 0 Å². The first-order valence-electron chi connectivity index (χ1n) is 7.56. The van der Waals surface area contributed by atoms with Gasteiger partial charge in [-0.25, -0.2) is 8.42 Å². The molecular weight excluding hydrogens is 324 g/mol. The van der Waals surface area contributed by atoms with Gasteiger partial charge in [-0.3, -0.25) is 4.79 Å². The monoisotopic (exact) mass is 342 g/mol. The van der Waals surface area contributed by atoms with Gasteiger partial charge in [-0.05, 0) is 49.9 Å². The lowest BCUT2D eigenvalue weighted by molar-refractivity contribution is -0.133. The Morgan fingerprint density at radius 3 is 2.32 bits per heavy atom. The average Bonchev–Trinajstić information content (AvgIpc) is 3.19. The summed E-state index contributed by atoms with van der Waals surface area (Å²) < 4.78 is 26.9. The zero-order valence-corrected chi connectivity index (χ0v) is 13.8. The van der Waals surface area contributed by atoms with E-state index in [-0.39, 0.29) is 10.8 Å². The summed E-state index contributed by atoms with van der Waals surface area (Å²) in [4.78, 5) is 14.6. The lowest BCUT2D eigenvalue weighted by atomic mass is 10.2. The van der Waals surface area contributed by atoms with Crippen LogP contribution in [0.2, 0.25) is 5.02 Å². The second kappa shape index (κ2) is 6.18. The van der Waals surface area contributed by atoms with E-state index in [1.54, 1.807) is 17.0 Å². The molecule has 1 atom stereocenters. The van der Waals surface area contributed by atoms with Crippen LogP contribution < -0.4 is 0 Å². The van der Waals surface area contributed by atoms with Crippen LogP contribution in [-0.2, 0) is 14.8 Å². The largest absolute Gasteiger partial charge is 0.341 e. The van der Waals surface area contributed by atoms with Crippen molar-refractivity contribution in [3.8, 4) is 0 Å². The molecule has 7 heteroatoms. The van der Waals surface area contributed by atoms with Gasteiger partial charge in [0, 0.05) is 24.7 Å². The summed E-state index contributed by atoms with van der Waals surface area (Å²) in [6.45, 7) is 1.88. The third-order valence-corrected chi connectivity index (χ3v) is 6.50. The van der Waals surface area contributed by atoms with Gasteiger partial charge in [0.15, 0.2) is 0 Å². The van der Waals surface area contributed by atoms with Crippen molar-refractivity contribution >= 4 is 27.5 Å². The molecule has 0 spiro atoms. The van der Waals surface area contributed by atoms with E-state index in [4.69, 9.17) is 11.6 Å². The Balaban J connectivity index is 1.85. The Morgan fingerprint density at radius 1 is 1.05 bits per heavy atom. The fourth-order valence-corrected chi connectivity index (χ4v) is 4.94. The number of likely N-dealkylation sites (tertiary alicyclic amines) is 1. The Hall–Kier alpha value is -1.11. The summed E-state index contributed by atoms with van der Waals surface area (Å²) in [5.41, 5.74) is 0. The van der Waals surface area contributed by atoms with Gasteiger partial charge in [-0.2, -0.15) is 4.31 Å². The fourth-order valence-electron chi connectivity index (χ4n) is 3.16. The van der Waals surface area contributed by atoms with E-state index in [0.717, 1.165) is 32.4 Å². The Labute approximate surface area is 135 Å². The molecule has 0 bridgehead atoms. The lowest BCUT2D eigenvalue weighted by Gasteiger charge is -2.27. The number of carbonyl (C=O) groups is 1. The van der Waals surface area contributed by atoms with Crippen LogP contribution in [0.25, 0.3) is 0 Å². The number of hydrogen-bond acceptors (Lipinski definition) is 3. The first-order valence-corrected chi connectivity index (χ1v) is 9.38. The second-order valence-electron chi connectivity index (χ2n) is 5.76. The predicted molar refractivity (Wildman–Crippen MR) is 84.2 cm³/mol. The lowest BCUT2D eigenvalue weighted by Crippen LogP contribution is -2.46. The van der Waals surface area contributed by atoms with Crippen LogP contribution >= 0.6 is 11.6 Å². The van der Waals surface area contributed by atoms with E-state index in [1.807, 2.05) is 0 Å². The first-order chi connectivity index (χ1) is 10.5. The van der Waals surface area contributed by atoms with Crippen molar-refractivity contribution in [2.45, 2.75) is 36.6 Å². The number of nitrogens with zero attached hydrogens (tertiary/aromatic N) is 2. The van der Waals surface area contributed by atoms with Crippen LogP contribution in [0.5, 0.6) is 0 Å². The zero-order valence-electron chi connectivity index (χ0n) is 12.2. The van der Waals surface area contributed by atoms with Crippen LogP contribution in [-0.4, -0.2) is 49.2 Å². The normalized spacial score (nSPS) is 23.1. The number of benzene rings is 1. The topological polar surface area (TPSA) is 57.7 Å². The minimum absolute atomic E-state index is 0.0486. The van der Waals surface area contributed by atoms with Crippen LogP contribution in [0.15, 0.2) is 29.2 Å². The van der Waals surface area contributed by atoms with Gasteiger partial charge in [0.05, 0.1) is 4.90 Å². The molecule has 5 nitrogen and oxygen atoms in total. The zero-order chi connectivity index (χ0) is 15.7. The number of rotatable bonds is 3. The number of hydrogen-bond donors (Lipinski definition) is 0. The third kappa shape index (κ3) is 2.87. The van der Waals surface area contributed by atoms with Gasteiger partial charge >= 0.3 is 0 Å². The number of halogens is 1. The third-order valence-electron chi connectivity index (χ3n) is 4.33. The highest BCUT2D eigenvalue weighted by Gasteiger charge is 2.41. The summed E-state index contributed by atoms with van der Waals surface area (Å²) in [6.07, 6.45) is 3.32. The van der Waals surface area contributed by atoms with Gasteiger partial charge in [-0.1, -0.05) is 11.6 Å². The van der Waals surface area contributed by atoms with Crippen molar-refractivity contribution in [3.05, 3.63) is 29.3 Å². The molecule has 2 fully saturated rings. The van der Waals surface area contributed by atoms with Gasteiger partial charge in [0.25, 0.3) is 0 Å². The Kier molecular flexibility index (Phi) is 4.43. The molecule has 0 radical (unpaired) electrons. The van der Waals surface area contributed by atoms with Crippen molar-refractivity contribution in [2.75, 3.05) is 19.6 Å². The molecular formula is C15H19ClN2O3S. The smallest absolute Gasteiger partial charge is 0.243 e. The second-order valence-corrected chi connectivity index (χ2v) is 8.09. The molecule has 1 amide bonds. The van der Waals surface area contributed by atoms with Crippen LogP contribution in [0.4, 0.5) is 0 Å². The average molecular weight is 343 g/mol. The van der Waals surface area contributed by atoms with Gasteiger partial charge in [0.2, 0.25) is 15.9 Å². The summed E-state index contributed by atoms with van der Waals surface area (Å²) in [5, 5.41) is 0.491. The van der Waals surface area contributed by atoms with Gasteiger partial charge in [-0.15, -0.1) is 0 Å². The number of carbonyl (C=O) groups excluding carboxylic acids is 1. The Bertz CT molecular complexity index is 654. The molecule has 22 heavy (non-hydrogen) atoms. The molecule has 0 aromatic heterocycles. The molecule has 2 aliphatic heterocycles. The maximum Gasteiger partial charge on any atom is 0.243 e. The van der Waals surface area contributed by atoms with E-state index in [1.165, 1.54) is 16.4 Å². The number of sulfonamides is 1. The molecule has 3 rings (SSSR count). The highest BCUT2D eigenvalue weighted by Crippen LogP contribution is 2.28. The van der Waals surface area contributed by atoms with Gasteiger partial charge in [0.1, 0.15) is 6.04 Å². The molecule has 120 valence electrons. The van der Waals surface area contributed by atoms with Crippen LogP contribution in [0.1, 0.15) is 25.7 Å². The van der Waals surface area contributed by atoms with Crippen molar-refractivity contribution in [2.24, 2.45) is 0 Å². The maximum atomic E-state index is 12.8. The van der Waals surface area contributed by atoms with Crippen LogP contribution in [0, 0.1) is 0 Å². The van der Waals surface area contributed by atoms with E-state index >= 15 is 0 Å². The fraction of sp³-hybridized carbons (Fsp3) is 0.533. The van der Waals surface area contributed by atoms with Gasteiger partial charge < -0.3 is 4.90 Å². The number of amides is 1. The van der Waals surface area contributed by atoms with E-state index < -0.39 is 16.1 Å². The first kappa shape index (κ1) is 15.8. The standard InChI is InChI=1S/C15H19ClN2O3S/c16-12-5-7-13(8-6-12)22(20,21)18-11-3-4-14(18)15(19)17-9-1-2-10-17/h5-8,14H,1-4,9-11H2. The Morgan fingerprint density at radius 2 is 1.68 bits per heavy atom. The molecule has 1 unspecified atom stereocenters.